The molecule has 0 unspecified atom stereocenters. The van der Waals surface area contributed by atoms with Gasteiger partial charge >= 0.3 is 6.18 Å². The van der Waals surface area contributed by atoms with E-state index in [1.165, 1.54) is 0 Å². The lowest BCUT2D eigenvalue weighted by molar-refractivity contribution is -0.143. The van der Waals surface area contributed by atoms with Gasteiger partial charge in [-0.25, -0.2) is 26.3 Å². The third kappa shape index (κ3) is 3.27. The molecule has 0 N–H and O–H groups in total. The van der Waals surface area contributed by atoms with Crippen molar-refractivity contribution in [1.82, 2.24) is 0 Å². The van der Waals surface area contributed by atoms with E-state index in [4.69, 9.17) is 0 Å². The van der Waals surface area contributed by atoms with Crippen molar-refractivity contribution in [3.8, 4) is 0 Å². The van der Waals surface area contributed by atoms with Crippen LogP contribution in [0.25, 0.3) is 0 Å². The van der Waals surface area contributed by atoms with Gasteiger partial charge in [0.15, 0.2) is 0 Å². The van der Waals surface area contributed by atoms with Crippen molar-refractivity contribution >= 4 is 0 Å². The van der Waals surface area contributed by atoms with Gasteiger partial charge in [-0.3, -0.25) is 0 Å². The Bertz CT molecular complexity index is 645. The minimum atomic E-state index is -5.53. The second-order valence-electron chi connectivity index (χ2n) is 4.54. The lowest BCUT2D eigenvalue weighted by Gasteiger charge is -2.23. The number of hydrogen-bond acceptors (Lipinski definition) is 0. The summed E-state index contributed by atoms with van der Waals surface area (Å²) in [5.41, 5.74) is -3.58. The first-order valence-corrected chi connectivity index (χ1v) is 5.88. The van der Waals surface area contributed by atoms with E-state index in [0.717, 1.165) is 0 Å². The highest BCUT2D eigenvalue weighted by atomic mass is 19.4. The van der Waals surface area contributed by atoms with E-state index < -0.39 is 58.1 Å². The van der Waals surface area contributed by atoms with Gasteiger partial charge in [0.1, 0.15) is 40.8 Å². The second kappa shape index (κ2) is 5.78. The number of hydrogen-bond donors (Lipinski definition) is 0. The van der Waals surface area contributed by atoms with Crippen LogP contribution >= 0.6 is 0 Å². The lowest BCUT2D eigenvalue weighted by Crippen LogP contribution is -2.26. The lowest BCUT2D eigenvalue weighted by atomic mass is 9.89. The van der Waals surface area contributed by atoms with Crippen molar-refractivity contribution in [2.24, 2.45) is 0 Å². The summed E-state index contributed by atoms with van der Waals surface area (Å²) in [6.45, 7) is 0. The van der Waals surface area contributed by atoms with Gasteiger partial charge in [-0.15, -0.1) is 0 Å². The molecule has 0 saturated heterocycles. The van der Waals surface area contributed by atoms with Gasteiger partial charge in [0.25, 0.3) is 0 Å². The van der Waals surface area contributed by atoms with Crippen molar-refractivity contribution in [2.45, 2.75) is 12.1 Å². The molecule has 0 amide bonds. The molecule has 0 aliphatic heterocycles. The first-order chi connectivity index (χ1) is 10.5. The molecule has 9 heteroatoms. The molecular formula is C14H5F9. The van der Waals surface area contributed by atoms with Crippen LogP contribution in [-0.4, -0.2) is 6.18 Å². The maximum atomic E-state index is 13.6. The Kier molecular flexibility index (Phi) is 4.32. The van der Waals surface area contributed by atoms with Crippen LogP contribution in [0.15, 0.2) is 24.3 Å². The second-order valence-corrected chi connectivity index (χ2v) is 4.54. The van der Waals surface area contributed by atoms with Crippen LogP contribution in [0, 0.1) is 34.9 Å². The number of alkyl halides is 3. The van der Waals surface area contributed by atoms with Gasteiger partial charge in [-0.2, -0.15) is 13.2 Å². The SMILES string of the molecule is Fc1cc(F)c(C(c2c(F)cc(F)cc2F)C(F)(F)F)c(F)c1. The fourth-order valence-corrected chi connectivity index (χ4v) is 2.13. The molecule has 2 aromatic rings. The Morgan fingerprint density at radius 3 is 1.04 bits per heavy atom. The van der Waals surface area contributed by atoms with Crippen molar-refractivity contribution in [3.05, 3.63) is 70.3 Å². The number of halogens is 9. The van der Waals surface area contributed by atoms with Crippen LogP contribution in [0.1, 0.15) is 17.0 Å². The third-order valence-corrected chi connectivity index (χ3v) is 2.99. The van der Waals surface area contributed by atoms with Gasteiger partial charge < -0.3 is 0 Å². The zero-order chi connectivity index (χ0) is 17.5. The van der Waals surface area contributed by atoms with E-state index in [1.54, 1.807) is 0 Å². The van der Waals surface area contributed by atoms with Crippen LogP contribution in [0.3, 0.4) is 0 Å². The molecule has 0 atom stereocenters. The smallest absolute Gasteiger partial charge is 0.207 e. The molecule has 0 aromatic heterocycles. The number of benzene rings is 2. The molecule has 0 radical (unpaired) electrons. The Hall–Kier alpha value is -2.19. The highest BCUT2D eigenvalue weighted by Crippen LogP contribution is 2.44. The minimum Gasteiger partial charge on any atom is -0.207 e. The van der Waals surface area contributed by atoms with Gasteiger partial charge in [-0.1, -0.05) is 0 Å². The first kappa shape index (κ1) is 17.2. The van der Waals surface area contributed by atoms with Crippen molar-refractivity contribution in [1.29, 1.82) is 0 Å². The fraction of sp³-hybridized carbons (Fsp3) is 0.143. The topological polar surface area (TPSA) is 0 Å². The molecule has 2 aromatic carbocycles. The van der Waals surface area contributed by atoms with E-state index in [1.807, 2.05) is 0 Å². The van der Waals surface area contributed by atoms with Crippen LogP contribution < -0.4 is 0 Å². The first-order valence-electron chi connectivity index (χ1n) is 5.88. The Balaban J connectivity index is 2.81. The average Bonchev–Trinajstić information content (AvgIpc) is 2.33. The summed E-state index contributed by atoms with van der Waals surface area (Å²) in [5, 5.41) is 0. The summed E-state index contributed by atoms with van der Waals surface area (Å²) in [7, 11) is 0. The fourth-order valence-electron chi connectivity index (χ4n) is 2.13. The Morgan fingerprint density at radius 1 is 0.565 bits per heavy atom. The van der Waals surface area contributed by atoms with Crippen LogP contribution in [0.2, 0.25) is 0 Å². The standard InChI is InChI=1S/C14H5F9/c15-5-1-7(17)11(8(18)2-5)13(14(21,22)23)12-9(19)3-6(16)4-10(12)20/h1-4,13H. The zero-order valence-electron chi connectivity index (χ0n) is 10.8. The summed E-state index contributed by atoms with van der Waals surface area (Å²) >= 11 is 0. The largest absolute Gasteiger partial charge is 0.400 e. The van der Waals surface area contributed by atoms with Gasteiger partial charge in [-0.05, 0) is 0 Å². The summed E-state index contributed by atoms with van der Waals surface area (Å²) in [6.07, 6.45) is -5.53. The monoisotopic (exact) mass is 344 g/mol. The Labute approximate surface area is 123 Å². The Morgan fingerprint density at radius 2 is 0.826 bits per heavy atom. The van der Waals surface area contributed by atoms with Crippen molar-refractivity contribution in [3.63, 3.8) is 0 Å². The molecule has 2 rings (SSSR count). The molecule has 0 spiro atoms. The number of rotatable bonds is 2. The van der Waals surface area contributed by atoms with Crippen LogP contribution in [0.4, 0.5) is 39.5 Å². The quantitative estimate of drug-likeness (QED) is 0.656. The summed E-state index contributed by atoms with van der Waals surface area (Å²) < 4.78 is 120. The van der Waals surface area contributed by atoms with Gasteiger partial charge in [0.2, 0.25) is 0 Å². The summed E-state index contributed by atoms with van der Waals surface area (Å²) in [5.74, 6) is -14.3. The molecule has 0 aliphatic carbocycles. The molecule has 0 nitrogen and oxygen atoms in total. The van der Waals surface area contributed by atoms with Gasteiger partial charge in [0.05, 0.1) is 0 Å². The van der Waals surface area contributed by atoms with Gasteiger partial charge in [0, 0.05) is 35.4 Å². The van der Waals surface area contributed by atoms with E-state index in [9.17, 15) is 39.5 Å². The third-order valence-electron chi connectivity index (χ3n) is 2.99. The van der Waals surface area contributed by atoms with E-state index in [-0.39, 0.29) is 24.3 Å². The minimum absolute atomic E-state index is 0.0590. The molecule has 0 bridgehead atoms. The van der Waals surface area contributed by atoms with Crippen molar-refractivity contribution in [2.75, 3.05) is 0 Å². The van der Waals surface area contributed by atoms with Crippen LogP contribution in [0.5, 0.6) is 0 Å². The van der Waals surface area contributed by atoms with Crippen molar-refractivity contribution < 1.29 is 39.5 Å². The maximum absolute atomic E-state index is 13.6. The summed E-state index contributed by atoms with van der Waals surface area (Å²) in [4.78, 5) is 0. The maximum Gasteiger partial charge on any atom is 0.400 e. The normalized spacial score (nSPS) is 12.1. The molecule has 124 valence electrons. The predicted octanol–water partition coefficient (Wildman–Crippen LogP) is 5.22. The molecule has 0 fully saturated rings. The summed E-state index contributed by atoms with van der Waals surface area (Å²) in [6, 6.07) is -0.236. The average molecular weight is 344 g/mol. The van der Waals surface area contributed by atoms with Crippen LogP contribution in [-0.2, 0) is 0 Å². The highest BCUT2D eigenvalue weighted by molar-refractivity contribution is 5.38. The molecule has 0 saturated carbocycles. The highest BCUT2D eigenvalue weighted by Gasteiger charge is 2.47. The molecular weight excluding hydrogens is 339 g/mol. The molecule has 0 aliphatic rings. The molecule has 0 heterocycles. The predicted molar refractivity (Wildman–Crippen MR) is 60.5 cm³/mol. The zero-order valence-corrected chi connectivity index (χ0v) is 10.8. The van der Waals surface area contributed by atoms with E-state index in [0.29, 0.717) is 0 Å². The van der Waals surface area contributed by atoms with E-state index in [2.05, 4.69) is 0 Å². The molecule has 23 heavy (non-hydrogen) atoms. The van der Waals surface area contributed by atoms with E-state index >= 15 is 0 Å².